The first kappa shape index (κ1) is 13.7. The Bertz CT molecular complexity index is 386. The number of aliphatic hydroxyl groups excluding tert-OH is 1. The van der Waals surface area contributed by atoms with Crippen molar-refractivity contribution in [2.75, 3.05) is 6.61 Å². The molecule has 0 aliphatic heterocycles. The highest BCUT2D eigenvalue weighted by Gasteiger charge is 2.10. The van der Waals surface area contributed by atoms with Crippen LogP contribution in [0.5, 0.6) is 0 Å². The van der Waals surface area contributed by atoms with Crippen LogP contribution in [0.3, 0.4) is 0 Å². The van der Waals surface area contributed by atoms with Gasteiger partial charge in [-0.05, 0) is 43.0 Å². The molecule has 0 aliphatic carbocycles. The van der Waals surface area contributed by atoms with Gasteiger partial charge in [-0.15, -0.1) is 0 Å². The molecule has 0 saturated carbocycles. The predicted octanol–water partition coefficient (Wildman–Crippen LogP) is 2.92. The van der Waals surface area contributed by atoms with Gasteiger partial charge in [0.1, 0.15) is 11.5 Å². The summed E-state index contributed by atoms with van der Waals surface area (Å²) in [7, 11) is 0. The minimum atomic E-state index is 0.0295. The summed E-state index contributed by atoms with van der Waals surface area (Å²) in [6, 6.07) is 1.99. The lowest BCUT2D eigenvalue weighted by Crippen LogP contribution is -2.02. The van der Waals surface area contributed by atoms with Crippen molar-refractivity contribution in [3.63, 3.8) is 0 Å². The van der Waals surface area contributed by atoms with E-state index in [1.54, 1.807) is 6.20 Å². The normalized spacial score (nSPS) is 11.6. The van der Waals surface area contributed by atoms with E-state index in [4.69, 9.17) is 9.84 Å². The average molecular weight is 235 g/mol. The molecule has 0 atom stereocenters. The van der Waals surface area contributed by atoms with Gasteiger partial charge in [0.25, 0.3) is 0 Å². The van der Waals surface area contributed by atoms with Crippen LogP contribution < -0.4 is 0 Å². The van der Waals surface area contributed by atoms with Gasteiger partial charge < -0.3 is 9.84 Å². The first-order valence-electron chi connectivity index (χ1n) is 6.18. The summed E-state index contributed by atoms with van der Waals surface area (Å²) in [4.78, 5) is 4.40. The maximum absolute atomic E-state index is 9.11. The van der Waals surface area contributed by atoms with Crippen molar-refractivity contribution in [1.82, 2.24) is 4.98 Å². The monoisotopic (exact) mass is 235 g/mol. The van der Waals surface area contributed by atoms with Crippen LogP contribution in [-0.2, 0) is 17.8 Å². The quantitative estimate of drug-likeness (QED) is 0.771. The van der Waals surface area contributed by atoms with Gasteiger partial charge in [0.2, 0.25) is 0 Å². The van der Waals surface area contributed by atoms with Gasteiger partial charge in [0.15, 0.2) is 0 Å². The summed E-state index contributed by atoms with van der Waals surface area (Å²) >= 11 is 0. The standard InChI is InChI=1S/C14H21NO2/c1-4-7-13(17-6-3)14-12(5-2)8-11(10-16)9-15-14/h7-9,16H,4-6,10H2,1-3H3/b13-7-. The smallest absolute Gasteiger partial charge is 0.141 e. The van der Waals surface area contributed by atoms with Gasteiger partial charge in [0, 0.05) is 6.20 Å². The van der Waals surface area contributed by atoms with Crippen molar-refractivity contribution in [2.45, 2.75) is 40.2 Å². The lowest BCUT2D eigenvalue weighted by Gasteiger charge is -2.12. The molecule has 0 unspecified atom stereocenters. The van der Waals surface area contributed by atoms with E-state index in [0.717, 1.165) is 35.4 Å². The van der Waals surface area contributed by atoms with E-state index in [0.29, 0.717) is 6.61 Å². The van der Waals surface area contributed by atoms with Gasteiger partial charge in [-0.1, -0.05) is 13.8 Å². The third kappa shape index (κ3) is 3.56. The lowest BCUT2D eigenvalue weighted by molar-refractivity contribution is 0.280. The molecule has 0 spiro atoms. The third-order valence-corrected chi connectivity index (χ3v) is 2.51. The van der Waals surface area contributed by atoms with Crippen LogP contribution in [0.4, 0.5) is 0 Å². The van der Waals surface area contributed by atoms with E-state index in [9.17, 15) is 0 Å². The molecule has 0 fully saturated rings. The van der Waals surface area contributed by atoms with Gasteiger partial charge in [-0.25, -0.2) is 0 Å². The van der Waals surface area contributed by atoms with E-state index in [1.807, 2.05) is 19.1 Å². The van der Waals surface area contributed by atoms with E-state index in [1.165, 1.54) is 0 Å². The Morgan fingerprint density at radius 2 is 2.18 bits per heavy atom. The Morgan fingerprint density at radius 3 is 2.71 bits per heavy atom. The molecule has 0 radical (unpaired) electrons. The predicted molar refractivity (Wildman–Crippen MR) is 69.4 cm³/mol. The molecule has 1 rings (SSSR count). The molecule has 0 saturated heterocycles. The topological polar surface area (TPSA) is 42.4 Å². The number of hydrogen-bond donors (Lipinski definition) is 1. The zero-order chi connectivity index (χ0) is 12.7. The Kier molecular flexibility index (Phi) is 5.70. The molecule has 0 bridgehead atoms. The number of aryl methyl sites for hydroxylation is 1. The molecule has 94 valence electrons. The lowest BCUT2D eigenvalue weighted by atomic mass is 10.1. The fraction of sp³-hybridized carbons (Fsp3) is 0.500. The third-order valence-electron chi connectivity index (χ3n) is 2.51. The SMILES string of the molecule is CC/C=C(\OCC)c1ncc(CO)cc1CC. The van der Waals surface area contributed by atoms with Crippen LogP contribution in [-0.4, -0.2) is 16.7 Å². The number of aliphatic hydroxyl groups is 1. The molecular weight excluding hydrogens is 214 g/mol. The summed E-state index contributed by atoms with van der Waals surface area (Å²) in [5.41, 5.74) is 2.86. The van der Waals surface area contributed by atoms with E-state index in [2.05, 4.69) is 18.8 Å². The molecular formula is C14H21NO2. The van der Waals surface area contributed by atoms with Gasteiger partial charge in [-0.3, -0.25) is 4.98 Å². The largest absolute Gasteiger partial charge is 0.492 e. The highest BCUT2D eigenvalue weighted by molar-refractivity contribution is 5.59. The maximum atomic E-state index is 9.11. The first-order chi connectivity index (χ1) is 8.26. The van der Waals surface area contributed by atoms with Crippen LogP contribution in [0.25, 0.3) is 5.76 Å². The van der Waals surface area contributed by atoms with E-state index >= 15 is 0 Å². The zero-order valence-electron chi connectivity index (χ0n) is 10.9. The second-order valence-corrected chi connectivity index (χ2v) is 3.77. The van der Waals surface area contributed by atoms with Crippen molar-refractivity contribution >= 4 is 5.76 Å². The molecule has 1 aromatic rings. The summed E-state index contributed by atoms with van der Waals surface area (Å²) in [5, 5.41) is 9.11. The summed E-state index contributed by atoms with van der Waals surface area (Å²) in [6.45, 7) is 6.79. The van der Waals surface area contributed by atoms with E-state index in [-0.39, 0.29) is 6.61 Å². The number of rotatable bonds is 6. The fourth-order valence-electron chi connectivity index (χ4n) is 1.70. The van der Waals surface area contributed by atoms with Crippen molar-refractivity contribution in [2.24, 2.45) is 0 Å². The molecule has 1 heterocycles. The summed E-state index contributed by atoms with van der Waals surface area (Å²) in [5.74, 6) is 0.844. The highest BCUT2D eigenvalue weighted by atomic mass is 16.5. The number of pyridine rings is 1. The van der Waals surface area contributed by atoms with Gasteiger partial charge in [-0.2, -0.15) is 0 Å². The number of hydrogen-bond acceptors (Lipinski definition) is 3. The van der Waals surface area contributed by atoms with Gasteiger partial charge >= 0.3 is 0 Å². The van der Waals surface area contributed by atoms with Gasteiger partial charge in [0.05, 0.1) is 13.2 Å². The summed E-state index contributed by atoms with van der Waals surface area (Å²) < 4.78 is 5.62. The van der Waals surface area contributed by atoms with Crippen molar-refractivity contribution < 1.29 is 9.84 Å². The summed E-state index contributed by atoms with van der Waals surface area (Å²) in [6.07, 6.45) is 5.55. The Morgan fingerprint density at radius 1 is 1.41 bits per heavy atom. The molecule has 3 heteroatoms. The highest BCUT2D eigenvalue weighted by Crippen LogP contribution is 2.20. The Labute approximate surface area is 103 Å². The Balaban J connectivity index is 3.13. The number of aromatic nitrogens is 1. The number of nitrogens with zero attached hydrogens (tertiary/aromatic N) is 1. The molecule has 1 aromatic heterocycles. The molecule has 0 amide bonds. The van der Waals surface area contributed by atoms with Crippen molar-refractivity contribution in [1.29, 1.82) is 0 Å². The van der Waals surface area contributed by atoms with Crippen molar-refractivity contribution in [3.05, 3.63) is 35.2 Å². The second kappa shape index (κ2) is 7.07. The zero-order valence-corrected chi connectivity index (χ0v) is 10.9. The number of ether oxygens (including phenoxy) is 1. The number of allylic oxidation sites excluding steroid dienone is 1. The van der Waals surface area contributed by atoms with Crippen LogP contribution >= 0.6 is 0 Å². The minimum Gasteiger partial charge on any atom is -0.492 e. The van der Waals surface area contributed by atoms with Crippen molar-refractivity contribution in [3.8, 4) is 0 Å². The van der Waals surface area contributed by atoms with Crippen LogP contribution in [0.2, 0.25) is 0 Å². The van der Waals surface area contributed by atoms with Crippen LogP contribution in [0.1, 0.15) is 44.0 Å². The van der Waals surface area contributed by atoms with Crippen LogP contribution in [0, 0.1) is 0 Å². The van der Waals surface area contributed by atoms with E-state index < -0.39 is 0 Å². The average Bonchev–Trinajstić information content (AvgIpc) is 2.37. The first-order valence-corrected chi connectivity index (χ1v) is 6.18. The molecule has 0 aromatic carbocycles. The molecule has 17 heavy (non-hydrogen) atoms. The molecule has 3 nitrogen and oxygen atoms in total. The fourth-order valence-corrected chi connectivity index (χ4v) is 1.70. The second-order valence-electron chi connectivity index (χ2n) is 3.77. The molecule has 0 aliphatic rings. The van der Waals surface area contributed by atoms with Crippen LogP contribution in [0.15, 0.2) is 18.3 Å². The molecule has 1 N–H and O–H groups in total. The Hall–Kier alpha value is -1.35. The maximum Gasteiger partial charge on any atom is 0.141 e. The minimum absolute atomic E-state index is 0.0295.